The molecule has 122 valence electrons. The second kappa shape index (κ2) is 8.73. The van der Waals surface area contributed by atoms with E-state index in [0.717, 1.165) is 32.1 Å². The monoisotopic (exact) mass is 343 g/mol. The Morgan fingerprint density at radius 1 is 1.27 bits per heavy atom. The number of hydrogen-bond donors (Lipinski definition) is 2. The van der Waals surface area contributed by atoms with Crippen molar-refractivity contribution in [2.24, 2.45) is 5.92 Å². The summed E-state index contributed by atoms with van der Waals surface area (Å²) in [5, 5.41) is 6.97. The lowest BCUT2D eigenvalue weighted by atomic mass is 9.97. The molecule has 1 fully saturated rings. The number of anilines is 1. The molecular weight excluding hydrogens is 321 g/mol. The second-order valence-electron chi connectivity index (χ2n) is 5.74. The third-order valence-corrected chi connectivity index (χ3v) is 4.71. The molecule has 0 bridgehead atoms. The minimum Gasteiger partial charge on any atom is -0.324 e. The predicted molar refractivity (Wildman–Crippen MR) is 92.8 cm³/mol. The van der Waals surface area contributed by atoms with Crippen molar-refractivity contribution < 1.29 is 4.79 Å². The van der Waals surface area contributed by atoms with Gasteiger partial charge in [-0.25, -0.2) is 0 Å². The molecule has 1 amide bonds. The third-order valence-electron chi connectivity index (χ3n) is 4.08. The number of likely N-dealkylation sites (tertiary alicyclic amines) is 1. The molecule has 1 aromatic rings. The van der Waals surface area contributed by atoms with E-state index in [4.69, 9.17) is 23.2 Å². The maximum absolute atomic E-state index is 12.1. The molecule has 0 saturated carbocycles. The van der Waals surface area contributed by atoms with Crippen molar-refractivity contribution in [1.82, 2.24) is 10.2 Å². The molecule has 1 heterocycles. The minimum atomic E-state index is -0.0488. The number of nitrogens with one attached hydrogen (secondary N) is 2. The summed E-state index contributed by atoms with van der Waals surface area (Å²) < 4.78 is 0. The Morgan fingerprint density at radius 3 is 2.50 bits per heavy atom. The first-order valence-electron chi connectivity index (χ1n) is 7.71. The van der Waals surface area contributed by atoms with Crippen LogP contribution in [0, 0.1) is 5.92 Å². The molecule has 1 aromatic carbocycles. The number of amides is 1. The number of hydrogen-bond acceptors (Lipinski definition) is 3. The molecular formula is C16H23Cl2N3O. The number of para-hydroxylation sites is 1. The Bertz CT molecular complexity index is 482. The number of benzene rings is 1. The smallest absolute Gasteiger partial charge is 0.225 e. The van der Waals surface area contributed by atoms with Crippen LogP contribution < -0.4 is 10.6 Å². The topological polar surface area (TPSA) is 44.4 Å². The molecule has 6 heteroatoms. The van der Waals surface area contributed by atoms with Crippen LogP contribution in [0.3, 0.4) is 0 Å². The molecule has 0 radical (unpaired) electrons. The van der Waals surface area contributed by atoms with Crippen LogP contribution in [-0.2, 0) is 4.79 Å². The van der Waals surface area contributed by atoms with E-state index < -0.39 is 0 Å². The highest BCUT2D eigenvalue weighted by atomic mass is 35.5. The van der Waals surface area contributed by atoms with Gasteiger partial charge in [-0.3, -0.25) is 4.79 Å². The van der Waals surface area contributed by atoms with Gasteiger partial charge < -0.3 is 15.5 Å². The fraction of sp³-hybridized carbons (Fsp3) is 0.562. The van der Waals surface area contributed by atoms with Crippen LogP contribution in [0.5, 0.6) is 0 Å². The Hall–Kier alpha value is -0.810. The molecule has 0 atom stereocenters. The van der Waals surface area contributed by atoms with Crippen molar-refractivity contribution in [1.29, 1.82) is 0 Å². The van der Waals surface area contributed by atoms with Gasteiger partial charge in [-0.1, -0.05) is 29.3 Å². The first-order valence-corrected chi connectivity index (χ1v) is 8.46. The van der Waals surface area contributed by atoms with Crippen molar-refractivity contribution in [2.75, 3.05) is 38.5 Å². The van der Waals surface area contributed by atoms with Crippen molar-refractivity contribution in [3.8, 4) is 0 Å². The van der Waals surface area contributed by atoms with E-state index in [1.807, 2.05) is 7.05 Å². The van der Waals surface area contributed by atoms with Gasteiger partial charge >= 0.3 is 0 Å². The summed E-state index contributed by atoms with van der Waals surface area (Å²) in [5.74, 6) is 0.712. The van der Waals surface area contributed by atoms with E-state index in [9.17, 15) is 4.79 Å². The standard InChI is InChI=1S/C16H23Cl2N3O/c1-19-11-12-5-8-21(9-6-12)10-7-15(22)20-16-13(17)3-2-4-14(16)18/h2-4,12,19H,5-11H2,1H3,(H,20,22). The fourth-order valence-corrected chi connectivity index (χ4v) is 3.27. The Morgan fingerprint density at radius 2 is 1.91 bits per heavy atom. The van der Waals surface area contributed by atoms with Gasteiger partial charge in [0.05, 0.1) is 15.7 Å². The van der Waals surface area contributed by atoms with E-state index in [1.54, 1.807) is 18.2 Å². The molecule has 1 aliphatic heterocycles. The van der Waals surface area contributed by atoms with E-state index >= 15 is 0 Å². The molecule has 0 unspecified atom stereocenters. The van der Waals surface area contributed by atoms with Gasteiger partial charge in [0.1, 0.15) is 0 Å². The average Bonchev–Trinajstić information content (AvgIpc) is 2.51. The average molecular weight is 344 g/mol. The maximum atomic E-state index is 12.1. The minimum absolute atomic E-state index is 0.0488. The molecule has 0 aromatic heterocycles. The second-order valence-corrected chi connectivity index (χ2v) is 6.55. The lowest BCUT2D eigenvalue weighted by Gasteiger charge is -2.31. The molecule has 2 rings (SSSR count). The zero-order valence-corrected chi connectivity index (χ0v) is 14.4. The zero-order valence-electron chi connectivity index (χ0n) is 12.9. The van der Waals surface area contributed by atoms with E-state index in [1.165, 1.54) is 12.8 Å². The maximum Gasteiger partial charge on any atom is 0.225 e. The van der Waals surface area contributed by atoms with Crippen LogP contribution in [0.2, 0.25) is 10.0 Å². The van der Waals surface area contributed by atoms with Crippen molar-refractivity contribution >= 4 is 34.8 Å². The third kappa shape index (κ3) is 5.13. The summed E-state index contributed by atoms with van der Waals surface area (Å²) in [6.45, 7) is 3.98. The lowest BCUT2D eigenvalue weighted by Crippen LogP contribution is -2.38. The molecule has 1 saturated heterocycles. The summed E-state index contributed by atoms with van der Waals surface area (Å²) in [6, 6.07) is 5.20. The first-order chi connectivity index (χ1) is 10.6. The lowest BCUT2D eigenvalue weighted by molar-refractivity contribution is -0.116. The largest absolute Gasteiger partial charge is 0.324 e. The van der Waals surface area contributed by atoms with Crippen LogP contribution in [0.15, 0.2) is 18.2 Å². The molecule has 4 nitrogen and oxygen atoms in total. The molecule has 1 aliphatic rings. The van der Waals surface area contributed by atoms with Gasteiger partial charge in [0.15, 0.2) is 0 Å². The van der Waals surface area contributed by atoms with Gasteiger partial charge in [-0.2, -0.15) is 0 Å². The van der Waals surface area contributed by atoms with E-state index in [-0.39, 0.29) is 5.91 Å². The molecule has 2 N–H and O–H groups in total. The summed E-state index contributed by atoms with van der Waals surface area (Å²) in [7, 11) is 2.00. The highest BCUT2D eigenvalue weighted by molar-refractivity contribution is 6.39. The van der Waals surface area contributed by atoms with Crippen LogP contribution >= 0.6 is 23.2 Å². The number of halogens is 2. The van der Waals surface area contributed by atoms with Gasteiger partial charge in [-0.15, -0.1) is 0 Å². The van der Waals surface area contributed by atoms with Crippen LogP contribution in [-0.4, -0.2) is 44.0 Å². The summed E-state index contributed by atoms with van der Waals surface area (Å²) in [4.78, 5) is 14.4. The zero-order chi connectivity index (χ0) is 15.9. The Kier molecular flexibility index (Phi) is 6.96. The van der Waals surface area contributed by atoms with Gasteiger partial charge in [0.2, 0.25) is 5.91 Å². The van der Waals surface area contributed by atoms with Gasteiger partial charge in [0.25, 0.3) is 0 Å². The van der Waals surface area contributed by atoms with Gasteiger partial charge in [0, 0.05) is 13.0 Å². The summed E-state index contributed by atoms with van der Waals surface area (Å²) in [5.41, 5.74) is 0.503. The molecule has 0 spiro atoms. The summed E-state index contributed by atoms with van der Waals surface area (Å²) >= 11 is 12.1. The van der Waals surface area contributed by atoms with Crippen molar-refractivity contribution in [3.63, 3.8) is 0 Å². The Labute approximate surface area is 142 Å². The number of carbonyl (C=O) groups is 1. The van der Waals surface area contributed by atoms with Crippen LogP contribution in [0.4, 0.5) is 5.69 Å². The SMILES string of the molecule is CNCC1CCN(CCC(=O)Nc2c(Cl)cccc2Cl)CC1. The number of carbonyl (C=O) groups excluding carboxylic acids is 1. The van der Waals surface area contributed by atoms with Crippen molar-refractivity contribution in [3.05, 3.63) is 28.2 Å². The molecule has 0 aliphatic carbocycles. The summed E-state index contributed by atoms with van der Waals surface area (Å²) in [6.07, 6.45) is 2.84. The Balaban J connectivity index is 1.75. The highest BCUT2D eigenvalue weighted by Gasteiger charge is 2.19. The van der Waals surface area contributed by atoms with Crippen molar-refractivity contribution in [2.45, 2.75) is 19.3 Å². The van der Waals surface area contributed by atoms with Gasteiger partial charge in [-0.05, 0) is 57.6 Å². The number of piperidine rings is 1. The fourth-order valence-electron chi connectivity index (χ4n) is 2.78. The van der Waals surface area contributed by atoms with E-state index in [2.05, 4.69) is 15.5 Å². The quantitative estimate of drug-likeness (QED) is 0.833. The van der Waals surface area contributed by atoms with Crippen LogP contribution in [0.25, 0.3) is 0 Å². The van der Waals surface area contributed by atoms with Crippen LogP contribution in [0.1, 0.15) is 19.3 Å². The molecule has 22 heavy (non-hydrogen) atoms. The normalized spacial score (nSPS) is 16.7. The van der Waals surface area contributed by atoms with E-state index in [0.29, 0.717) is 22.2 Å². The number of rotatable bonds is 6. The predicted octanol–water partition coefficient (Wildman–Crippen LogP) is 3.25. The number of nitrogens with zero attached hydrogens (tertiary/aromatic N) is 1. The first kappa shape index (κ1) is 17.5. The highest BCUT2D eigenvalue weighted by Crippen LogP contribution is 2.29.